The van der Waals surface area contributed by atoms with Crippen molar-refractivity contribution >= 4 is 40.1 Å². The summed E-state index contributed by atoms with van der Waals surface area (Å²) in [5.41, 5.74) is 1.08. The van der Waals surface area contributed by atoms with E-state index in [1.807, 2.05) is 6.07 Å². The maximum Gasteiger partial charge on any atom is 0.363 e. The highest BCUT2D eigenvalue weighted by Gasteiger charge is 2.32. The largest absolute Gasteiger partial charge is 0.453 e. The van der Waals surface area contributed by atoms with Crippen molar-refractivity contribution in [2.45, 2.75) is 51.1 Å². The number of nitrogens with one attached hydrogen (secondary N) is 1. The van der Waals surface area contributed by atoms with Crippen molar-refractivity contribution in [3.63, 3.8) is 0 Å². The van der Waals surface area contributed by atoms with Gasteiger partial charge in [-0.3, -0.25) is 24.2 Å². The Kier molecular flexibility index (Phi) is 7.65. The molecule has 0 bridgehead atoms. The van der Waals surface area contributed by atoms with E-state index in [-0.39, 0.29) is 35.7 Å². The zero-order valence-electron chi connectivity index (χ0n) is 20.2. The quantitative estimate of drug-likeness (QED) is 0.288. The van der Waals surface area contributed by atoms with Crippen molar-refractivity contribution in [3.8, 4) is 6.07 Å². The molecule has 1 aromatic heterocycles. The van der Waals surface area contributed by atoms with Crippen LogP contribution in [0.1, 0.15) is 49.6 Å². The molecule has 0 saturated carbocycles. The number of benzene rings is 1. The molecule has 186 valence electrons. The molecule has 2 amide bonds. The molecule has 2 unspecified atom stereocenters. The molecule has 10 nitrogen and oxygen atoms in total. The van der Waals surface area contributed by atoms with Gasteiger partial charge in [0.15, 0.2) is 17.6 Å². The number of rotatable bonds is 6. The molecule has 2 saturated heterocycles. The Morgan fingerprint density at radius 2 is 2.00 bits per heavy atom. The van der Waals surface area contributed by atoms with E-state index in [1.54, 1.807) is 34.1 Å². The zero-order chi connectivity index (χ0) is 25.7. The summed E-state index contributed by atoms with van der Waals surface area (Å²) in [4.78, 5) is 48.9. The van der Waals surface area contributed by atoms with Gasteiger partial charge < -0.3 is 19.5 Å². The van der Waals surface area contributed by atoms with E-state index in [4.69, 9.17) is 11.0 Å². The number of nitriles is 1. The van der Waals surface area contributed by atoms with E-state index >= 15 is 0 Å². The first-order valence-electron chi connectivity index (χ1n) is 12.1. The summed E-state index contributed by atoms with van der Waals surface area (Å²) in [6, 6.07) is 6.65. The second kappa shape index (κ2) is 11.0. The fourth-order valence-corrected chi connectivity index (χ4v) is 4.52. The highest BCUT2D eigenvalue weighted by molar-refractivity contribution is 6.05. The Bertz CT molecular complexity index is 1260. The molecule has 1 aromatic carbocycles. The first-order chi connectivity index (χ1) is 17.4. The van der Waals surface area contributed by atoms with Gasteiger partial charge in [-0.25, -0.2) is 6.57 Å². The first-order valence-corrected chi connectivity index (χ1v) is 12.1. The van der Waals surface area contributed by atoms with Crippen LogP contribution in [-0.4, -0.2) is 71.5 Å². The van der Waals surface area contributed by atoms with Crippen molar-refractivity contribution in [3.05, 3.63) is 41.4 Å². The first kappa shape index (κ1) is 24.9. The van der Waals surface area contributed by atoms with Gasteiger partial charge in [0.25, 0.3) is 0 Å². The van der Waals surface area contributed by atoms with E-state index in [0.717, 1.165) is 38.8 Å². The fourth-order valence-electron chi connectivity index (χ4n) is 4.52. The number of Topliss-reactive ketones (excluding diaryl/α,β-unsaturated/α-hetero) is 1. The van der Waals surface area contributed by atoms with E-state index < -0.39 is 12.1 Å². The molecule has 4 rings (SSSR count). The van der Waals surface area contributed by atoms with Crippen LogP contribution in [-0.2, 0) is 9.59 Å². The fraction of sp³-hybridized carbons (Fsp3) is 0.462. The standard InChI is InChI=1S/C26H28N6O4/c1-17(33)23-14-18-13-19(8-9-22(18)36-23)29-25(21(15-27)28-2)30-20-7-3-4-12-32(26(20)35)16-24(34)31-10-5-6-11-31/h8-9,13-14,20-21H,3-7,10-12,16H2,1H3,(H,29,30). The molecule has 0 aliphatic carbocycles. The number of aliphatic imine (C=N–C) groups is 1. The summed E-state index contributed by atoms with van der Waals surface area (Å²) in [6.45, 7) is 10.8. The Morgan fingerprint density at radius 3 is 2.69 bits per heavy atom. The number of fused-ring (bicyclic) bond motifs is 1. The van der Waals surface area contributed by atoms with Gasteiger partial charge in [0.1, 0.15) is 11.6 Å². The predicted molar refractivity (Wildman–Crippen MR) is 133 cm³/mol. The summed E-state index contributed by atoms with van der Waals surface area (Å²) >= 11 is 0. The van der Waals surface area contributed by atoms with Crippen LogP contribution in [0.2, 0.25) is 0 Å². The van der Waals surface area contributed by atoms with Crippen molar-refractivity contribution < 1.29 is 18.8 Å². The molecule has 0 spiro atoms. The van der Waals surface area contributed by atoms with Gasteiger partial charge >= 0.3 is 6.04 Å². The number of carbonyl (C=O) groups excluding carboxylic acids is 3. The minimum atomic E-state index is -1.23. The average Bonchev–Trinajstić information content (AvgIpc) is 3.52. The Hall–Kier alpha value is -4.18. The van der Waals surface area contributed by atoms with E-state index in [1.165, 1.54) is 6.92 Å². The summed E-state index contributed by atoms with van der Waals surface area (Å²) < 4.78 is 5.52. The molecule has 2 atom stereocenters. The van der Waals surface area contributed by atoms with Gasteiger partial charge in [0, 0.05) is 37.6 Å². The number of anilines is 1. The number of amides is 2. The summed E-state index contributed by atoms with van der Waals surface area (Å²) in [7, 11) is 0. The van der Waals surface area contributed by atoms with Gasteiger partial charge in [0.05, 0.1) is 6.54 Å². The number of nitrogens with zero attached hydrogens (tertiary/aromatic N) is 5. The van der Waals surface area contributed by atoms with Crippen LogP contribution < -0.4 is 5.32 Å². The molecule has 36 heavy (non-hydrogen) atoms. The van der Waals surface area contributed by atoms with E-state index in [9.17, 15) is 19.6 Å². The van der Waals surface area contributed by atoms with Gasteiger partial charge in [0.2, 0.25) is 17.6 Å². The van der Waals surface area contributed by atoms with Crippen LogP contribution in [0, 0.1) is 17.9 Å². The summed E-state index contributed by atoms with van der Waals surface area (Å²) in [5, 5.41) is 13.3. The average molecular weight is 489 g/mol. The lowest BCUT2D eigenvalue weighted by Crippen LogP contribution is -2.45. The third kappa shape index (κ3) is 5.55. The Labute approximate surface area is 209 Å². The molecule has 2 aliphatic heterocycles. The van der Waals surface area contributed by atoms with Crippen LogP contribution in [0.15, 0.2) is 33.7 Å². The Balaban J connectivity index is 1.58. The van der Waals surface area contributed by atoms with Gasteiger partial charge in [-0.2, -0.15) is 5.26 Å². The lowest BCUT2D eigenvalue weighted by Gasteiger charge is -2.25. The third-order valence-corrected chi connectivity index (χ3v) is 6.48. The van der Waals surface area contributed by atoms with E-state index in [2.05, 4.69) is 15.2 Å². The van der Waals surface area contributed by atoms with Crippen molar-refractivity contribution in [1.82, 2.24) is 9.80 Å². The van der Waals surface area contributed by atoms with Crippen LogP contribution in [0.3, 0.4) is 0 Å². The number of carbonyl (C=O) groups is 3. The monoisotopic (exact) mass is 488 g/mol. The SMILES string of the molecule is [C-]#[N+]C(C#N)C(=NC1CCCCN(CC(=O)N2CCCC2)C1=O)Nc1ccc2oc(C(C)=O)cc2c1. The second-order valence-electron chi connectivity index (χ2n) is 9.08. The molecule has 2 aromatic rings. The molecule has 10 heteroatoms. The number of hydrogen-bond acceptors (Lipinski definition) is 6. The topological polar surface area (TPSA) is 123 Å². The number of hydrogen-bond donors (Lipinski definition) is 1. The number of amidine groups is 1. The molecular formula is C26H28N6O4. The Morgan fingerprint density at radius 1 is 1.25 bits per heavy atom. The lowest BCUT2D eigenvalue weighted by atomic mass is 10.1. The smallest absolute Gasteiger partial charge is 0.363 e. The summed E-state index contributed by atoms with van der Waals surface area (Å²) in [5.74, 6) is -0.205. The van der Waals surface area contributed by atoms with Crippen molar-refractivity contribution in [2.75, 3.05) is 31.5 Å². The number of furan rings is 1. The lowest BCUT2D eigenvalue weighted by molar-refractivity contribution is -0.140. The normalized spacial score (nSPS) is 19.5. The van der Waals surface area contributed by atoms with Crippen molar-refractivity contribution in [2.24, 2.45) is 4.99 Å². The molecule has 3 heterocycles. The zero-order valence-corrected chi connectivity index (χ0v) is 20.2. The van der Waals surface area contributed by atoms with Gasteiger partial charge in [-0.05, 0) is 56.4 Å². The molecule has 2 fully saturated rings. The second-order valence-corrected chi connectivity index (χ2v) is 9.08. The minimum absolute atomic E-state index is 0.0216. The van der Waals surface area contributed by atoms with Crippen LogP contribution in [0.4, 0.5) is 5.69 Å². The molecule has 0 radical (unpaired) electrons. The highest BCUT2D eigenvalue weighted by atomic mass is 16.3. The molecule has 1 N–H and O–H groups in total. The maximum atomic E-state index is 13.3. The number of ketones is 1. The number of likely N-dealkylation sites (tertiary alicyclic amines) is 2. The molecular weight excluding hydrogens is 460 g/mol. The van der Waals surface area contributed by atoms with Gasteiger partial charge in [-0.1, -0.05) is 0 Å². The molecule has 2 aliphatic rings. The van der Waals surface area contributed by atoms with Gasteiger partial charge in [-0.15, -0.1) is 0 Å². The van der Waals surface area contributed by atoms with Crippen LogP contribution in [0.5, 0.6) is 0 Å². The maximum absolute atomic E-state index is 13.3. The van der Waals surface area contributed by atoms with Crippen molar-refractivity contribution in [1.29, 1.82) is 5.26 Å². The summed E-state index contributed by atoms with van der Waals surface area (Å²) in [6.07, 6.45) is 3.93. The third-order valence-electron chi connectivity index (χ3n) is 6.48. The van der Waals surface area contributed by atoms with E-state index in [0.29, 0.717) is 29.6 Å². The van der Waals surface area contributed by atoms with Crippen LogP contribution >= 0.6 is 0 Å². The van der Waals surface area contributed by atoms with Crippen LogP contribution in [0.25, 0.3) is 15.8 Å². The highest BCUT2D eigenvalue weighted by Crippen LogP contribution is 2.24. The predicted octanol–water partition coefficient (Wildman–Crippen LogP) is 3.26. The minimum Gasteiger partial charge on any atom is -0.453 e.